The van der Waals surface area contributed by atoms with E-state index in [9.17, 15) is 19.3 Å². The summed E-state index contributed by atoms with van der Waals surface area (Å²) in [5.41, 5.74) is -0.113. The minimum absolute atomic E-state index is 0.0356. The summed E-state index contributed by atoms with van der Waals surface area (Å²) in [4.78, 5) is 23.2. The van der Waals surface area contributed by atoms with Crippen LogP contribution in [0.25, 0.3) is 0 Å². The Morgan fingerprint density at radius 2 is 2.10 bits per heavy atom. The fourth-order valence-electron chi connectivity index (χ4n) is 1.79. The van der Waals surface area contributed by atoms with Crippen molar-refractivity contribution in [1.29, 1.82) is 0 Å². The molecule has 0 aliphatic carbocycles. The molecule has 0 heterocycles. The number of rotatable bonds is 8. The van der Waals surface area contributed by atoms with E-state index in [-0.39, 0.29) is 37.5 Å². The van der Waals surface area contributed by atoms with Crippen LogP contribution in [-0.4, -0.2) is 44.8 Å². The van der Waals surface area contributed by atoms with Gasteiger partial charge in [-0.05, 0) is 6.07 Å². The maximum absolute atomic E-state index is 13.4. The lowest BCUT2D eigenvalue weighted by atomic mass is 10.2. The highest BCUT2D eigenvalue weighted by Gasteiger charge is 2.21. The Hall–Kier alpha value is -2.22. The first-order valence-corrected chi connectivity index (χ1v) is 6.24. The number of halogens is 1. The minimum atomic E-state index is -0.591. The van der Waals surface area contributed by atoms with E-state index < -0.39 is 16.7 Å². The quantitative estimate of drug-likeness (QED) is 0.413. The van der Waals surface area contributed by atoms with Crippen molar-refractivity contribution < 1.29 is 23.6 Å². The second kappa shape index (κ2) is 8.15. The molecule has 0 N–H and O–H groups in total. The molecule has 21 heavy (non-hydrogen) atoms. The van der Waals surface area contributed by atoms with Crippen molar-refractivity contribution >= 4 is 17.3 Å². The zero-order valence-corrected chi connectivity index (χ0v) is 11.9. The Bertz CT molecular complexity index is 509. The van der Waals surface area contributed by atoms with Gasteiger partial charge in [0.1, 0.15) is 11.5 Å². The van der Waals surface area contributed by atoms with Gasteiger partial charge in [0.05, 0.1) is 25.1 Å². The van der Waals surface area contributed by atoms with Crippen LogP contribution in [0.2, 0.25) is 0 Å². The number of ether oxygens (including phenoxy) is 2. The number of benzene rings is 1. The van der Waals surface area contributed by atoms with E-state index in [0.29, 0.717) is 0 Å². The molecule has 116 valence electrons. The van der Waals surface area contributed by atoms with Crippen LogP contribution in [-0.2, 0) is 14.3 Å². The van der Waals surface area contributed by atoms with Gasteiger partial charge in [0.15, 0.2) is 0 Å². The van der Waals surface area contributed by atoms with E-state index in [1.165, 1.54) is 19.1 Å². The summed E-state index contributed by atoms with van der Waals surface area (Å²) in [6.45, 7) is 0.743. The zero-order chi connectivity index (χ0) is 15.8. The van der Waals surface area contributed by atoms with Crippen molar-refractivity contribution in [2.24, 2.45) is 0 Å². The Kier molecular flexibility index (Phi) is 6.54. The largest absolute Gasteiger partial charge is 0.469 e. The molecule has 0 radical (unpaired) electrons. The number of carbonyl (C=O) groups is 1. The third-order valence-corrected chi connectivity index (χ3v) is 2.85. The number of methoxy groups -OCH3 is 2. The number of carbonyl (C=O) groups excluding carboxylic acids is 1. The molecule has 0 aliphatic rings. The highest BCUT2D eigenvalue weighted by atomic mass is 19.1. The van der Waals surface area contributed by atoms with Gasteiger partial charge in [-0.25, -0.2) is 4.39 Å². The third kappa shape index (κ3) is 4.99. The molecule has 0 bridgehead atoms. The zero-order valence-electron chi connectivity index (χ0n) is 11.9. The Morgan fingerprint density at radius 3 is 2.67 bits per heavy atom. The van der Waals surface area contributed by atoms with Crippen LogP contribution in [0.15, 0.2) is 18.2 Å². The van der Waals surface area contributed by atoms with Gasteiger partial charge in [0.2, 0.25) is 0 Å². The normalized spacial score (nSPS) is 10.2. The molecule has 0 amide bonds. The summed E-state index contributed by atoms with van der Waals surface area (Å²) in [6, 6.07) is 3.20. The molecule has 0 saturated carbocycles. The summed E-state index contributed by atoms with van der Waals surface area (Å²) in [6.07, 6.45) is 0.0356. The molecule has 1 aromatic carbocycles. The second-order valence-electron chi connectivity index (χ2n) is 4.20. The highest BCUT2D eigenvalue weighted by molar-refractivity contribution is 5.71. The number of esters is 1. The molecule has 0 spiro atoms. The predicted molar refractivity (Wildman–Crippen MR) is 73.8 cm³/mol. The van der Waals surface area contributed by atoms with Crippen molar-refractivity contribution in [3.05, 3.63) is 34.1 Å². The van der Waals surface area contributed by atoms with Gasteiger partial charge in [-0.1, -0.05) is 0 Å². The van der Waals surface area contributed by atoms with Crippen LogP contribution in [0, 0.1) is 15.9 Å². The topological polar surface area (TPSA) is 81.9 Å². The van der Waals surface area contributed by atoms with Gasteiger partial charge < -0.3 is 14.4 Å². The maximum Gasteiger partial charge on any atom is 0.307 e. The number of nitro benzene ring substituents is 1. The summed E-state index contributed by atoms with van der Waals surface area (Å²) in [5.74, 6) is -1.03. The molecule has 1 aromatic rings. The van der Waals surface area contributed by atoms with E-state index in [1.807, 2.05) is 0 Å². The first kappa shape index (κ1) is 16.8. The maximum atomic E-state index is 13.4. The van der Waals surface area contributed by atoms with Gasteiger partial charge in [0.25, 0.3) is 5.69 Å². The lowest BCUT2D eigenvalue weighted by Gasteiger charge is -2.23. The minimum Gasteiger partial charge on any atom is -0.469 e. The number of nitro groups is 1. The van der Waals surface area contributed by atoms with Crippen LogP contribution in [0.4, 0.5) is 15.8 Å². The molecular formula is C13H17FN2O5. The molecule has 0 fully saturated rings. The number of hydrogen-bond acceptors (Lipinski definition) is 6. The molecular weight excluding hydrogens is 283 g/mol. The Labute approximate surface area is 121 Å². The summed E-state index contributed by atoms with van der Waals surface area (Å²) in [7, 11) is 2.74. The average molecular weight is 300 g/mol. The van der Waals surface area contributed by atoms with E-state index in [1.54, 1.807) is 0 Å². The molecule has 0 aliphatic heterocycles. The fraction of sp³-hybridized carbons (Fsp3) is 0.462. The molecule has 1 rings (SSSR count). The summed E-state index contributed by atoms with van der Waals surface area (Å²) < 4.78 is 22.9. The Balaban J connectivity index is 3.03. The summed E-state index contributed by atoms with van der Waals surface area (Å²) in [5, 5.41) is 11.0. The van der Waals surface area contributed by atoms with Gasteiger partial charge in [-0.2, -0.15) is 0 Å². The highest BCUT2D eigenvalue weighted by Crippen LogP contribution is 2.29. The number of hydrogen-bond donors (Lipinski definition) is 0. The smallest absolute Gasteiger partial charge is 0.307 e. The molecule has 0 atom stereocenters. The van der Waals surface area contributed by atoms with Gasteiger partial charge in [0, 0.05) is 32.3 Å². The van der Waals surface area contributed by atoms with Gasteiger partial charge in [-0.3, -0.25) is 14.9 Å². The second-order valence-corrected chi connectivity index (χ2v) is 4.20. The van der Waals surface area contributed by atoms with Crippen LogP contribution in [0.3, 0.4) is 0 Å². The van der Waals surface area contributed by atoms with E-state index in [4.69, 9.17) is 4.74 Å². The van der Waals surface area contributed by atoms with Crippen molar-refractivity contribution in [3.8, 4) is 0 Å². The van der Waals surface area contributed by atoms with Crippen molar-refractivity contribution in [3.63, 3.8) is 0 Å². The standard InChI is InChI=1S/C13H17FN2O5/c1-20-8-7-15(6-5-13(17)21-2)12-9-10(14)3-4-11(12)16(18)19/h3-4,9H,5-8H2,1-2H3. The molecule has 7 nitrogen and oxygen atoms in total. The third-order valence-electron chi connectivity index (χ3n) is 2.85. The van der Waals surface area contributed by atoms with Gasteiger partial charge in [-0.15, -0.1) is 0 Å². The van der Waals surface area contributed by atoms with Crippen LogP contribution >= 0.6 is 0 Å². The van der Waals surface area contributed by atoms with E-state index in [2.05, 4.69) is 4.74 Å². The van der Waals surface area contributed by atoms with E-state index >= 15 is 0 Å². The van der Waals surface area contributed by atoms with Crippen molar-refractivity contribution in [1.82, 2.24) is 0 Å². The van der Waals surface area contributed by atoms with Crippen LogP contribution in [0.5, 0.6) is 0 Å². The van der Waals surface area contributed by atoms with Crippen molar-refractivity contribution in [2.45, 2.75) is 6.42 Å². The molecule has 0 aromatic heterocycles. The monoisotopic (exact) mass is 300 g/mol. The van der Waals surface area contributed by atoms with E-state index in [0.717, 1.165) is 18.2 Å². The Morgan fingerprint density at radius 1 is 1.38 bits per heavy atom. The summed E-state index contributed by atoms with van der Waals surface area (Å²) >= 11 is 0. The first-order chi connectivity index (χ1) is 9.99. The van der Waals surface area contributed by atoms with Crippen LogP contribution < -0.4 is 4.90 Å². The predicted octanol–water partition coefficient (Wildman–Crippen LogP) is 1.75. The first-order valence-electron chi connectivity index (χ1n) is 6.24. The number of nitrogens with zero attached hydrogens (tertiary/aromatic N) is 2. The van der Waals surface area contributed by atoms with Gasteiger partial charge >= 0.3 is 5.97 Å². The molecule has 0 unspecified atom stereocenters. The average Bonchev–Trinajstić information content (AvgIpc) is 2.46. The molecule has 8 heteroatoms. The van der Waals surface area contributed by atoms with Crippen molar-refractivity contribution in [2.75, 3.05) is 38.8 Å². The lowest BCUT2D eigenvalue weighted by Crippen LogP contribution is -2.30. The van der Waals surface area contributed by atoms with Crippen LogP contribution in [0.1, 0.15) is 6.42 Å². The number of anilines is 1. The molecule has 0 saturated heterocycles. The fourth-order valence-corrected chi connectivity index (χ4v) is 1.79. The SMILES string of the molecule is COCCN(CCC(=O)OC)c1cc(F)ccc1[N+](=O)[O-]. The lowest BCUT2D eigenvalue weighted by molar-refractivity contribution is -0.384.